The Labute approximate surface area is 145 Å². The van der Waals surface area contributed by atoms with E-state index in [-0.39, 0.29) is 0 Å². The predicted molar refractivity (Wildman–Crippen MR) is 104 cm³/mol. The van der Waals surface area contributed by atoms with Crippen LogP contribution in [0.2, 0.25) is 0 Å². The van der Waals surface area contributed by atoms with Gasteiger partial charge in [-0.2, -0.15) is 0 Å². The standard InChI is InChI=1S/C23H40/c1-3-5-9-21-16-18-23(19-17-21)11-7-6-10-22-14-12-20(8-4-2)13-15-22/h3,6-7,20-23H,1,4-5,8-19H2,2H3/b7-6-/t20-,21-,22-,23-. The van der Waals surface area contributed by atoms with Crippen LogP contribution in [0.25, 0.3) is 0 Å². The summed E-state index contributed by atoms with van der Waals surface area (Å²) in [5, 5.41) is 0. The summed E-state index contributed by atoms with van der Waals surface area (Å²) < 4.78 is 0. The zero-order valence-electron chi connectivity index (χ0n) is 15.6. The normalized spacial score (nSPS) is 32.2. The van der Waals surface area contributed by atoms with Crippen molar-refractivity contribution in [3.8, 4) is 0 Å². The van der Waals surface area contributed by atoms with Gasteiger partial charge in [-0.25, -0.2) is 0 Å². The molecule has 2 saturated carbocycles. The summed E-state index contributed by atoms with van der Waals surface area (Å²) >= 11 is 0. The Morgan fingerprint density at radius 2 is 1.13 bits per heavy atom. The highest BCUT2D eigenvalue weighted by Crippen LogP contribution is 2.35. The monoisotopic (exact) mass is 316 g/mol. The fourth-order valence-electron chi connectivity index (χ4n) is 4.85. The molecule has 0 aromatic heterocycles. The van der Waals surface area contributed by atoms with E-state index in [1.807, 2.05) is 0 Å². The van der Waals surface area contributed by atoms with Crippen LogP contribution in [-0.4, -0.2) is 0 Å². The molecule has 0 atom stereocenters. The summed E-state index contributed by atoms with van der Waals surface area (Å²) in [6.07, 6.45) is 27.1. The first-order valence-corrected chi connectivity index (χ1v) is 10.6. The Morgan fingerprint density at radius 1 is 0.696 bits per heavy atom. The summed E-state index contributed by atoms with van der Waals surface area (Å²) in [5.41, 5.74) is 0. The van der Waals surface area contributed by atoms with E-state index in [2.05, 4.69) is 31.7 Å². The van der Waals surface area contributed by atoms with Gasteiger partial charge in [-0.3, -0.25) is 0 Å². The molecule has 2 fully saturated rings. The molecule has 0 aromatic carbocycles. The Kier molecular flexibility index (Phi) is 9.09. The Hall–Kier alpha value is -0.520. The van der Waals surface area contributed by atoms with Gasteiger partial charge in [0.25, 0.3) is 0 Å². The van der Waals surface area contributed by atoms with E-state index < -0.39 is 0 Å². The van der Waals surface area contributed by atoms with Crippen LogP contribution >= 0.6 is 0 Å². The Balaban J connectivity index is 1.53. The average Bonchev–Trinajstić information content (AvgIpc) is 2.59. The summed E-state index contributed by atoms with van der Waals surface area (Å²) in [6, 6.07) is 0. The highest BCUT2D eigenvalue weighted by Gasteiger charge is 2.21. The lowest BCUT2D eigenvalue weighted by Crippen LogP contribution is -2.14. The SMILES string of the molecule is C=CCC[C@H]1CC[C@H](C/C=C\C[C@H]2CC[C@H](CCC)CC2)CC1. The van der Waals surface area contributed by atoms with Crippen LogP contribution in [-0.2, 0) is 0 Å². The van der Waals surface area contributed by atoms with Gasteiger partial charge in [-0.15, -0.1) is 6.58 Å². The van der Waals surface area contributed by atoms with Gasteiger partial charge in [-0.05, 0) is 75.0 Å². The van der Waals surface area contributed by atoms with Crippen molar-refractivity contribution in [1.29, 1.82) is 0 Å². The third-order valence-electron chi connectivity index (χ3n) is 6.51. The number of hydrogen-bond acceptors (Lipinski definition) is 0. The summed E-state index contributed by atoms with van der Waals surface area (Å²) in [7, 11) is 0. The van der Waals surface area contributed by atoms with Crippen molar-refractivity contribution in [1.82, 2.24) is 0 Å². The van der Waals surface area contributed by atoms with Gasteiger partial charge in [0.15, 0.2) is 0 Å². The van der Waals surface area contributed by atoms with Crippen molar-refractivity contribution in [2.45, 2.75) is 96.8 Å². The highest BCUT2D eigenvalue weighted by molar-refractivity contribution is 4.89. The maximum absolute atomic E-state index is 3.85. The lowest BCUT2D eigenvalue weighted by atomic mass is 9.78. The number of allylic oxidation sites excluding steroid dienone is 3. The van der Waals surface area contributed by atoms with Crippen LogP contribution in [0.3, 0.4) is 0 Å². The second kappa shape index (κ2) is 11.1. The molecule has 0 unspecified atom stereocenters. The van der Waals surface area contributed by atoms with Crippen molar-refractivity contribution >= 4 is 0 Å². The van der Waals surface area contributed by atoms with Crippen molar-refractivity contribution in [2.75, 3.05) is 0 Å². The molecule has 0 amide bonds. The molecule has 2 rings (SSSR count). The summed E-state index contributed by atoms with van der Waals surface area (Å²) in [4.78, 5) is 0. The lowest BCUT2D eigenvalue weighted by molar-refractivity contribution is 0.261. The smallest absolute Gasteiger partial charge is 0.0322 e. The topological polar surface area (TPSA) is 0 Å². The molecular formula is C23H40. The molecule has 0 spiro atoms. The molecule has 132 valence electrons. The summed E-state index contributed by atoms with van der Waals surface area (Å²) in [5.74, 6) is 4.02. The van der Waals surface area contributed by atoms with Gasteiger partial charge in [0.1, 0.15) is 0 Å². The van der Waals surface area contributed by atoms with Crippen molar-refractivity contribution in [3.05, 3.63) is 24.8 Å². The van der Waals surface area contributed by atoms with Gasteiger partial charge in [0.2, 0.25) is 0 Å². The molecule has 0 radical (unpaired) electrons. The highest BCUT2D eigenvalue weighted by atomic mass is 14.3. The molecule has 0 heterocycles. The third kappa shape index (κ3) is 7.27. The minimum Gasteiger partial charge on any atom is -0.103 e. The van der Waals surface area contributed by atoms with Gasteiger partial charge in [0.05, 0.1) is 0 Å². The van der Waals surface area contributed by atoms with E-state index in [0.29, 0.717) is 0 Å². The molecule has 0 bridgehead atoms. The van der Waals surface area contributed by atoms with Gasteiger partial charge < -0.3 is 0 Å². The second-order valence-electron chi connectivity index (χ2n) is 8.37. The zero-order chi connectivity index (χ0) is 16.3. The van der Waals surface area contributed by atoms with Crippen LogP contribution in [0.1, 0.15) is 96.8 Å². The fourth-order valence-corrected chi connectivity index (χ4v) is 4.85. The second-order valence-corrected chi connectivity index (χ2v) is 8.37. The quantitative estimate of drug-likeness (QED) is 0.382. The molecule has 2 aliphatic carbocycles. The fraction of sp³-hybridized carbons (Fsp3) is 0.826. The summed E-state index contributed by atoms with van der Waals surface area (Å²) in [6.45, 7) is 6.19. The van der Waals surface area contributed by atoms with Crippen LogP contribution in [0.5, 0.6) is 0 Å². The molecule has 23 heavy (non-hydrogen) atoms. The largest absolute Gasteiger partial charge is 0.103 e. The van der Waals surface area contributed by atoms with E-state index in [9.17, 15) is 0 Å². The molecule has 0 aromatic rings. The molecule has 2 aliphatic rings. The van der Waals surface area contributed by atoms with Crippen molar-refractivity contribution < 1.29 is 0 Å². The maximum atomic E-state index is 3.85. The van der Waals surface area contributed by atoms with Crippen LogP contribution in [0, 0.1) is 23.7 Å². The van der Waals surface area contributed by atoms with Crippen LogP contribution < -0.4 is 0 Å². The first-order valence-electron chi connectivity index (χ1n) is 10.6. The molecule has 0 saturated heterocycles. The first kappa shape index (κ1) is 18.8. The average molecular weight is 317 g/mol. The minimum atomic E-state index is 0.978. The van der Waals surface area contributed by atoms with E-state index in [0.717, 1.165) is 23.7 Å². The van der Waals surface area contributed by atoms with E-state index in [1.54, 1.807) is 0 Å². The molecule has 0 heteroatoms. The van der Waals surface area contributed by atoms with E-state index in [4.69, 9.17) is 0 Å². The van der Waals surface area contributed by atoms with E-state index >= 15 is 0 Å². The van der Waals surface area contributed by atoms with Crippen LogP contribution in [0.15, 0.2) is 24.8 Å². The van der Waals surface area contributed by atoms with E-state index in [1.165, 1.54) is 89.9 Å². The van der Waals surface area contributed by atoms with Crippen LogP contribution in [0.4, 0.5) is 0 Å². The van der Waals surface area contributed by atoms with Crippen molar-refractivity contribution in [3.63, 3.8) is 0 Å². The number of hydrogen-bond donors (Lipinski definition) is 0. The van der Waals surface area contributed by atoms with Gasteiger partial charge in [-0.1, -0.05) is 63.7 Å². The Morgan fingerprint density at radius 3 is 1.57 bits per heavy atom. The third-order valence-corrected chi connectivity index (χ3v) is 6.51. The van der Waals surface area contributed by atoms with Gasteiger partial charge >= 0.3 is 0 Å². The minimum absolute atomic E-state index is 0.978. The lowest BCUT2D eigenvalue weighted by Gasteiger charge is -2.28. The number of rotatable bonds is 9. The molecule has 0 nitrogen and oxygen atoms in total. The van der Waals surface area contributed by atoms with Crippen molar-refractivity contribution in [2.24, 2.45) is 23.7 Å². The maximum Gasteiger partial charge on any atom is -0.0322 e. The first-order chi connectivity index (χ1) is 11.3. The zero-order valence-corrected chi connectivity index (χ0v) is 15.6. The van der Waals surface area contributed by atoms with Gasteiger partial charge in [0, 0.05) is 0 Å². The predicted octanol–water partition coefficient (Wildman–Crippen LogP) is 7.70. The Bertz CT molecular complexity index is 324. The molecule has 0 N–H and O–H groups in total. The molecular weight excluding hydrogens is 276 g/mol. The molecule has 0 aliphatic heterocycles.